The number of anilines is 1. The highest BCUT2D eigenvalue weighted by Gasteiger charge is 2.19. The SMILES string of the molecule is CNc1cc(-c2ccnc(C)c2)nc(C(C)(C)C)n1. The van der Waals surface area contributed by atoms with E-state index in [4.69, 9.17) is 0 Å². The van der Waals surface area contributed by atoms with Gasteiger partial charge in [-0.15, -0.1) is 0 Å². The minimum absolute atomic E-state index is 0.0797. The third-order valence-corrected chi connectivity index (χ3v) is 2.85. The molecule has 0 atom stereocenters. The van der Waals surface area contributed by atoms with Crippen LogP contribution in [-0.2, 0) is 5.41 Å². The second kappa shape index (κ2) is 4.96. The normalized spacial score (nSPS) is 11.4. The molecule has 0 fully saturated rings. The van der Waals surface area contributed by atoms with E-state index in [-0.39, 0.29) is 5.41 Å². The summed E-state index contributed by atoms with van der Waals surface area (Å²) >= 11 is 0. The highest BCUT2D eigenvalue weighted by atomic mass is 15.0. The van der Waals surface area contributed by atoms with Crippen molar-refractivity contribution in [1.82, 2.24) is 15.0 Å². The van der Waals surface area contributed by atoms with E-state index in [0.29, 0.717) is 0 Å². The van der Waals surface area contributed by atoms with Crippen LogP contribution >= 0.6 is 0 Å². The van der Waals surface area contributed by atoms with E-state index < -0.39 is 0 Å². The van der Waals surface area contributed by atoms with Crippen molar-refractivity contribution in [2.24, 2.45) is 0 Å². The summed E-state index contributed by atoms with van der Waals surface area (Å²) < 4.78 is 0. The van der Waals surface area contributed by atoms with Crippen molar-refractivity contribution < 1.29 is 0 Å². The van der Waals surface area contributed by atoms with Gasteiger partial charge < -0.3 is 5.32 Å². The maximum atomic E-state index is 4.69. The molecule has 0 radical (unpaired) electrons. The van der Waals surface area contributed by atoms with E-state index in [9.17, 15) is 0 Å². The highest BCUT2D eigenvalue weighted by molar-refractivity contribution is 5.62. The largest absolute Gasteiger partial charge is 0.373 e. The zero-order valence-electron chi connectivity index (χ0n) is 12.2. The molecule has 0 spiro atoms. The molecule has 2 aromatic heterocycles. The van der Waals surface area contributed by atoms with Gasteiger partial charge in [0, 0.05) is 36.0 Å². The average Bonchev–Trinajstić information content (AvgIpc) is 2.37. The van der Waals surface area contributed by atoms with Gasteiger partial charge in [-0.3, -0.25) is 4.98 Å². The molecule has 0 aromatic carbocycles. The molecule has 4 nitrogen and oxygen atoms in total. The first-order chi connectivity index (χ1) is 8.90. The number of hydrogen-bond donors (Lipinski definition) is 1. The standard InChI is InChI=1S/C15H20N4/c1-10-8-11(6-7-17-10)12-9-13(16-5)19-14(18-12)15(2,3)4/h6-9H,1-5H3,(H,16,18,19). The Labute approximate surface area is 114 Å². The summed E-state index contributed by atoms with van der Waals surface area (Å²) in [5, 5.41) is 3.10. The van der Waals surface area contributed by atoms with Gasteiger partial charge in [0.15, 0.2) is 0 Å². The summed E-state index contributed by atoms with van der Waals surface area (Å²) in [7, 11) is 1.87. The van der Waals surface area contributed by atoms with E-state index in [0.717, 1.165) is 28.6 Å². The summed E-state index contributed by atoms with van der Waals surface area (Å²) in [6.07, 6.45) is 1.81. The van der Waals surface area contributed by atoms with Gasteiger partial charge >= 0.3 is 0 Å². The molecule has 0 amide bonds. The first-order valence-corrected chi connectivity index (χ1v) is 6.40. The van der Waals surface area contributed by atoms with Crippen molar-refractivity contribution >= 4 is 5.82 Å². The van der Waals surface area contributed by atoms with Gasteiger partial charge in [0.2, 0.25) is 0 Å². The molecule has 0 saturated heterocycles. The highest BCUT2D eigenvalue weighted by Crippen LogP contribution is 2.25. The Morgan fingerprint density at radius 3 is 2.42 bits per heavy atom. The Balaban J connectivity index is 2.57. The third-order valence-electron chi connectivity index (χ3n) is 2.85. The van der Waals surface area contributed by atoms with Crippen molar-refractivity contribution in [3.8, 4) is 11.3 Å². The first kappa shape index (κ1) is 13.5. The predicted octanol–water partition coefficient (Wildman–Crippen LogP) is 3.19. The molecule has 2 rings (SSSR count). The van der Waals surface area contributed by atoms with Crippen LogP contribution in [0.5, 0.6) is 0 Å². The van der Waals surface area contributed by atoms with Crippen LogP contribution in [0, 0.1) is 6.92 Å². The monoisotopic (exact) mass is 256 g/mol. The van der Waals surface area contributed by atoms with Gasteiger partial charge in [0.1, 0.15) is 11.6 Å². The number of pyridine rings is 1. The van der Waals surface area contributed by atoms with Crippen LogP contribution in [-0.4, -0.2) is 22.0 Å². The van der Waals surface area contributed by atoms with Crippen molar-refractivity contribution in [3.63, 3.8) is 0 Å². The summed E-state index contributed by atoms with van der Waals surface area (Å²) in [6.45, 7) is 8.32. The molecule has 0 saturated carbocycles. The fourth-order valence-electron chi connectivity index (χ4n) is 1.76. The number of nitrogens with one attached hydrogen (secondary N) is 1. The molecule has 0 bridgehead atoms. The summed E-state index contributed by atoms with van der Waals surface area (Å²) in [5.41, 5.74) is 2.90. The smallest absolute Gasteiger partial charge is 0.136 e. The van der Waals surface area contributed by atoms with Gasteiger partial charge in [-0.2, -0.15) is 0 Å². The Morgan fingerprint density at radius 1 is 1.11 bits per heavy atom. The molecular weight excluding hydrogens is 236 g/mol. The van der Waals surface area contributed by atoms with Gasteiger partial charge in [-0.05, 0) is 19.1 Å². The molecule has 0 aliphatic rings. The van der Waals surface area contributed by atoms with Crippen LogP contribution in [0.25, 0.3) is 11.3 Å². The van der Waals surface area contributed by atoms with Gasteiger partial charge in [0.05, 0.1) is 5.69 Å². The molecular formula is C15H20N4. The van der Waals surface area contributed by atoms with Crippen LogP contribution < -0.4 is 5.32 Å². The minimum atomic E-state index is -0.0797. The van der Waals surface area contributed by atoms with E-state index in [1.165, 1.54) is 0 Å². The second-order valence-electron chi connectivity index (χ2n) is 5.65. The van der Waals surface area contributed by atoms with Gasteiger partial charge in [0.25, 0.3) is 0 Å². The topological polar surface area (TPSA) is 50.7 Å². The molecule has 0 aliphatic heterocycles. The lowest BCUT2D eigenvalue weighted by Gasteiger charge is -2.18. The second-order valence-corrected chi connectivity index (χ2v) is 5.65. The Morgan fingerprint density at radius 2 is 1.84 bits per heavy atom. The fourth-order valence-corrected chi connectivity index (χ4v) is 1.76. The van der Waals surface area contributed by atoms with Gasteiger partial charge in [-0.25, -0.2) is 9.97 Å². The minimum Gasteiger partial charge on any atom is -0.373 e. The fraction of sp³-hybridized carbons (Fsp3) is 0.400. The van der Waals surface area contributed by atoms with Crippen molar-refractivity contribution in [2.45, 2.75) is 33.1 Å². The van der Waals surface area contributed by atoms with Gasteiger partial charge in [-0.1, -0.05) is 20.8 Å². The molecule has 0 aliphatic carbocycles. The molecule has 100 valence electrons. The lowest BCUT2D eigenvalue weighted by molar-refractivity contribution is 0.547. The predicted molar refractivity (Wildman–Crippen MR) is 78.2 cm³/mol. The Kier molecular flexibility index (Phi) is 3.51. The average molecular weight is 256 g/mol. The van der Waals surface area contributed by atoms with E-state index in [1.807, 2.05) is 38.4 Å². The maximum Gasteiger partial charge on any atom is 0.136 e. The zero-order valence-corrected chi connectivity index (χ0v) is 12.2. The van der Waals surface area contributed by atoms with Crippen LogP contribution in [0.1, 0.15) is 32.3 Å². The summed E-state index contributed by atoms with van der Waals surface area (Å²) in [5.74, 6) is 1.67. The molecule has 1 N–H and O–H groups in total. The first-order valence-electron chi connectivity index (χ1n) is 6.40. The van der Waals surface area contributed by atoms with E-state index >= 15 is 0 Å². The summed E-state index contributed by atoms with van der Waals surface area (Å²) in [4.78, 5) is 13.4. The quantitative estimate of drug-likeness (QED) is 0.896. The number of nitrogens with zero attached hydrogens (tertiary/aromatic N) is 3. The third kappa shape index (κ3) is 3.08. The number of aromatic nitrogens is 3. The van der Waals surface area contributed by atoms with Crippen LogP contribution in [0.2, 0.25) is 0 Å². The number of rotatable bonds is 2. The molecule has 2 heterocycles. The van der Waals surface area contributed by atoms with E-state index in [2.05, 4.69) is 41.0 Å². The lowest BCUT2D eigenvalue weighted by Crippen LogP contribution is -2.17. The zero-order chi connectivity index (χ0) is 14.0. The van der Waals surface area contributed by atoms with Crippen molar-refractivity contribution in [2.75, 3.05) is 12.4 Å². The number of hydrogen-bond acceptors (Lipinski definition) is 4. The van der Waals surface area contributed by atoms with Crippen molar-refractivity contribution in [1.29, 1.82) is 0 Å². The van der Waals surface area contributed by atoms with Crippen LogP contribution in [0.3, 0.4) is 0 Å². The maximum absolute atomic E-state index is 4.69. The molecule has 0 unspecified atom stereocenters. The van der Waals surface area contributed by atoms with E-state index in [1.54, 1.807) is 0 Å². The lowest BCUT2D eigenvalue weighted by atomic mass is 9.95. The number of aryl methyl sites for hydroxylation is 1. The molecule has 4 heteroatoms. The molecule has 2 aromatic rings. The Hall–Kier alpha value is -1.97. The Bertz CT molecular complexity index is 585. The van der Waals surface area contributed by atoms with Crippen LogP contribution in [0.4, 0.5) is 5.82 Å². The molecule has 19 heavy (non-hydrogen) atoms. The van der Waals surface area contributed by atoms with Crippen molar-refractivity contribution in [3.05, 3.63) is 35.9 Å². The summed E-state index contributed by atoms with van der Waals surface area (Å²) in [6, 6.07) is 5.97. The van der Waals surface area contributed by atoms with Crippen LogP contribution in [0.15, 0.2) is 24.4 Å².